The third kappa shape index (κ3) is 5.85. The molecule has 0 aromatic rings. The lowest BCUT2D eigenvalue weighted by Crippen LogP contribution is -2.70. The molecule has 0 bridgehead atoms. The number of hydrogen-bond donors (Lipinski definition) is 0. The molecule has 200 valence electrons. The van der Waals surface area contributed by atoms with Gasteiger partial charge in [0.1, 0.15) is 0 Å². The van der Waals surface area contributed by atoms with E-state index in [9.17, 15) is 71.5 Å². The Bertz CT molecular complexity index is 755. The first-order chi connectivity index (χ1) is 14.7. The van der Waals surface area contributed by atoms with Gasteiger partial charge in [-0.2, -0.15) is 57.1 Å². The minimum Gasteiger partial charge on any atom is -0.455 e. The molecule has 0 rings (SSSR count). The first kappa shape index (κ1) is 31.7. The van der Waals surface area contributed by atoms with Crippen LogP contribution in [-0.4, -0.2) is 62.5 Å². The number of carbonyl (C=O) groups is 3. The van der Waals surface area contributed by atoms with Gasteiger partial charge in [-0.3, -0.25) is 14.4 Å². The Balaban J connectivity index is 6.40. The Morgan fingerprint density at radius 3 is 1.12 bits per heavy atom. The zero-order valence-corrected chi connectivity index (χ0v) is 17.8. The molecular formula is C14H13F13O6Si. The van der Waals surface area contributed by atoms with Gasteiger partial charge >= 0.3 is 44.6 Å². The molecule has 0 aromatic carbocycles. The molecule has 0 aliphatic rings. The van der Waals surface area contributed by atoms with Gasteiger partial charge in [-0.15, -0.1) is 0 Å². The number of hydrogen-bond acceptors (Lipinski definition) is 6. The van der Waals surface area contributed by atoms with Gasteiger partial charge in [0, 0.05) is 27.2 Å². The van der Waals surface area contributed by atoms with Crippen LogP contribution in [0.3, 0.4) is 0 Å². The summed E-state index contributed by atoms with van der Waals surface area (Å²) < 4.78 is 184. The van der Waals surface area contributed by atoms with Crippen molar-refractivity contribution in [2.75, 3.05) is 0 Å². The molecule has 0 saturated carbocycles. The molecule has 0 radical (unpaired) electrons. The lowest BCUT2D eigenvalue weighted by atomic mass is 9.93. The smallest absolute Gasteiger partial charge is 0.455 e. The maximum atomic E-state index is 14.0. The van der Waals surface area contributed by atoms with Gasteiger partial charge in [-0.25, -0.2) is 0 Å². The first-order valence-corrected chi connectivity index (χ1v) is 10.2. The summed E-state index contributed by atoms with van der Waals surface area (Å²) in [6.45, 7) is 1.44. The highest BCUT2D eigenvalue weighted by molar-refractivity contribution is 6.65. The zero-order valence-electron chi connectivity index (χ0n) is 16.8. The Morgan fingerprint density at radius 1 is 0.559 bits per heavy atom. The summed E-state index contributed by atoms with van der Waals surface area (Å²) in [5.74, 6) is -42.9. The van der Waals surface area contributed by atoms with E-state index in [1.54, 1.807) is 0 Å². The van der Waals surface area contributed by atoms with Crippen molar-refractivity contribution in [1.29, 1.82) is 0 Å². The Morgan fingerprint density at radius 2 is 0.853 bits per heavy atom. The van der Waals surface area contributed by atoms with Gasteiger partial charge in [-0.05, 0) is 0 Å². The normalized spacial score (nSPS) is 14.5. The first-order valence-electron chi connectivity index (χ1n) is 8.25. The minimum atomic E-state index is -8.10. The quantitative estimate of drug-likeness (QED) is 0.288. The Kier molecular flexibility index (Phi) is 8.77. The molecule has 6 nitrogen and oxygen atoms in total. The van der Waals surface area contributed by atoms with Crippen LogP contribution in [0.1, 0.15) is 27.2 Å². The molecule has 0 amide bonds. The monoisotopic (exact) mass is 552 g/mol. The van der Waals surface area contributed by atoms with Crippen LogP contribution in [0.2, 0.25) is 6.04 Å². The largest absolute Gasteiger partial charge is 0.705 e. The van der Waals surface area contributed by atoms with Crippen molar-refractivity contribution in [3.05, 3.63) is 0 Å². The van der Waals surface area contributed by atoms with E-state index in [4.69, 9.17) is 0 Å². The summed E-state index contributed by atoms with van der Waals surface area (Å²) in [6.07, 6.45) is -10.4. The van der Waals surface area contributed by atoms with E-state index in [2.05, 4.69) is 13.3 Å². The second-order valence-electron chi connectivity index (χ2n) is 6.46. The molecule has 20 heteroatoms. The van der Waals surface area contributed by atoms with Gasteiger partial charge < -0.3 is 13.3 Å². The van der Waals surface area contributed by atoms with E-state index in [0.717, 1.165) is 0 Å². The van der Waals surface area contributed by atoms with Crippen LogP contribution < -0.4 is 0 Å². The van der Waals surface area contributed by atoms with E-state index in [1.807, 2.05) is 0 Å². The van der Waals surface area contributed by atoms with Crippen LogP contribution in [0.4, 0.5) is 57.1 Å². The van der Waals surface area contributed by atoms with Crippen molar-refractivity contribution >= 4 is 26.7 Å². The van der Waals surface area contributed by atoms with Crippen LogP contribution >= 0.6 is 0 Å². The molecule has 34 heavy (non-hydrogen) atoms. The second-order valence-corrected chi connectivity index (χ2v) is 8.94. The van der Waals surface area contributed by atoms with Crippen LogP contribution in [0.25, 0.3) is 0 Å². The summed E-state index contributed by atoms with van der Waals surface area (Å²) in [7, 11) is -5.47. The fourth-order valence-corrected chi connectivity index (χ4v) is 4.51. The predicted octanol–water partition coefficient (Wildman–Crippen LogP) is 4.74. The fourth-order valence-electron chi connectivity index (χ4n) is 2.14. The fraction of sp³-hybridized carbons (Fsp3) is 0.786. The van der Waals surface area contributed by atoms with Crippen molar-refractivity contribution in [1.82, 2.24) is 0 Å². The maximum absolute atomic E-state index is 14.0. The number of carbonyl (C=O) groups excluding carboxylic acids is 3. The summed E-state index contributed by atoms with van der Waals surface area (Å²) in [4.78, 5) is 33.4. The molecule has 0 N–H and O–H groups in total. The van der Waals surface area contributed by atoms with Crippen LogP contribution in [-0.2, 0) is 27.7 Å². The zero-order chi connectivity index (χ0) is 27.8. The molecule has 0 aliphatic carbocycles. The minimum absolute atomic E-state index is 0.482. The molecular weight excluding hydrogens is 539 g/mol. The molecule has 0 aliphatic heterocycles. The molecule has 0 atom stereocenters. The van der Waals surface area contributed by atoms with E-state index in [-0.39, 0.29) is 0 Å². The number of alkyl halides is 13. The molecule has 0 aromatic heterocycles. The van der Waals surface area contributed by atoms with Gasteiger partial charge in [0.15, 0.2) is 0 Å². The summed E-state index contributed by atoms with van der Waals surface area (Å²) in [5, 5.41) is 0. The highest BCUT2D eigenvalue weighted by atomic mass is 28.4. The Labute approximate surface area is 181 Å². The maximum Gasteiger partial charge on any atom is 0.705 e. The Hall–Kier alpha value is -2.28. The van der Waals surface area contributed by atoms with Gasteiger partial charge in [0.2, 0.25) is 0 Å². The van der Waals surface area contributed by atoms with Gasteiger partial charge in [-0.1, -0.05) is 0 Å². The average molecular weight is 552 g/mol. The predicted molar refractivity (Wildman–Crippen MR) is 81.3 cm³/mol. The highest BCUT2D eigenvalue weighted by Gasteiger charge is 2.90. The average Bonchev–Trinajstić information content (AvgIpc) is 2.56. The lowest BCUT2D eigenvalue weighted by Gasteiger charge is -2.40. The standard InChI is InChI=1S/C14H13F13O6Si/c1-6(28)31-34(32-7(2)29,33-8(3)30)5-4-9(15,16)10(17,18)11(19,20)12(21,22)13(23,24)14(25,26)27/h4-5H2,1-3H3. The van der Waals surface area contributed by atoms with E-state index < -0.39 is 75.0 Å². The van der Waals surface area contributed by atoms with Crippen molar-refractivity contribution in [3.8, 4) is 0 Å². The van der Waals surface area contributed by atoms with Crippen molar-refractivity contribution in [3.63, 3.8) is 0 Å². The van der Waals surface area contributed by atoms with E-state index in [0.29, 0.717) is 20.8 Å². The number of halogens is 13. The van der Waals surface area contributed by atoms with E-state index >= 15 is 0 Å². The second kappa shape index (κ2) is 9.40. The molecule has 0 spiro atoms. The lowest BCUT2D eigenvalue weighted by molar-refractivity contribution is -0.440. The molecule has 0 heterocycles. The summed E-state index contributed by atoms with van der Waals surface area (Å²) in [6, 6.07) is -2.05. The van der Waals surface area contributed by atoms with Crippen molar-refractivity contribution < 1.29 is 84.7 Å². The SMILES string of the molecule is CC(=O)O[Si](CCC(F)(F)C(F)(F)C(F)(F)C(F)(F)C(F)(F)C(F)(F)F)(OC(C)=O)OC(C)=O. The van der Waals surface area contributed by atoms with Crippen molar-refractivity contribution in [2.24, 2.45) is 0 Å². The summed E-state index contributed by atoms with van der Waals surface area (Å²) >= 11 is 0. The highest BCUT2D eigenvalue weighted by Crippen LogP contribution is 2.61. The topological polar surface area (TPSA) is 78.9 Å². The van der Waals surface area contributed by atoms with Crippen molar-refractivity contribution in [2.45, 2.75) is 69.0 Å². The molecule has 0 fully saturated rings. The van der Waals surface area contributed by atoms with E-state index in [1.165, 1.54) is 0 Å². The van der Waals surface area contributed by atoms with Crippen LogP contribution in [0, 0.1) is 0 Å². The number of rotatable bonds is 10. The molecule has 0 unspecified atom stereocenters. The molecule has 0 saturated heterocycles. The van der Waals surface area contributed by atoms with Gasteiger partial charge in [0.25, 0.3) is 17.9 Å². The third-order valence-electron chi connectivity index (χ3n) is 3.64. The van der Waals surface area contributed by atoms with Crippen LogP contribution in [0.5, 0.6) is 0 Å². The van der Waals surface area contributed by atoms with Gasteiger partial charge in [0.05, 0.1) is 6.04 Å². The summed E-state index contributed by atoms with van der Waals surface area (Å²) in [5.41, 5.74) is 0. The third-order valence-corrected chi connectivity index (χ3v) is 6.30. The van der Waals surface area contributed by atoms with Crippen LogP contribution in [0.15, 0.2) is 0 Å².